The molecule has 0 saturated heterocycles. The van der Waals surface area contributed by atoms with E-state index in [1.165, 1.54) is 11.8 Å². The van der Waals surface area contributed by atoms with Gasteiger partial charge in [0.2, 0.25) is 0 Å². The number of hydrogen-bond donors (Lipinski definition) is 1. The molecule has 0 spiro atoms. The first-order valence-corrected chi connectivity index (χ1v) is 4.93. The number of aliphatic carboxylic acids is 1. The Labute approximate surface area is 80.9 Å². The molecule has 1 aromatic rings. The van der Waals surface area contributed by atoms with Gasteiger partial charge in [-0.25, -0.2) is 0 Å². The quantitative estimate of drug-likeness (QED) is 0.744. The topological polar surface area (TPSA) is 55.1 Å². The average molecular weight is 200 g/mol. The van der Waals surface area contributed by atoms with Crippen LogP contribution in [0.3, 0.4) is 0 Å². The van der Waals surface area contributed by atoms with Gasteiger partial charge in [-0.05, 0) is 13.0 Å². The second-order valence-electron chi connectivity index (χ2n) is 2.74. The summed E-state index contributed by atoms with van der Waals surface area (Å²) in [7, 11) is 1.86. The molecule has 0 aliphatic carbocycles. The fourth-order valence-corrected chi connectivity index (χ4v) is 1.93. The highest BCUT2D eigenvalue weighted by Gasteiger charge is 2.03. The van der Waals surface area contributed by atoms with Crippen LogP contribution < -0.4 is 0 Å². The number of carboxylic acids is 1. The van der Waals surface area contributed by atoms with E-state index in [-0.39, 0.29) is 6.42 Å². The molecule has 72 valence electrons. The first-order valence-electron chi connectivity index (χ1n) is 3.95. The maximum Gasteiger partial charge on any atom is 0.304 e. The van der Waals surface area contributed by atoms with E-state index in [0.29, 0.717) is 5.75 Å². The molecule has 0 saturated carbocycles. The lowest BCUT2D eigenvalue weighted by Gasteiger charge is -1.98. The van der Waals surface area contributed by atoms with Gasteiger partial charge in [0.25, 0.3) is 0 Å². The van der Waals surface area contributed by atoms with Gasteiger partial charge in [-0.2, -0.15) is 5.10 Å². The van der Waals surface area contributed by atoms with Gasteiger partial charge >= 0.3 is 5.97 Å². The van der Waals surface area contributed by atoms with Crippen LogP contribution in [0, 0.1) is 6.92 Å². The number of thioether (sulfide) groups is 1. The molecule has 1 rings (SSSR count). The van der Waals surface area contributed by atoms with Crippen molar-refractivity contribution in [2.24, 2.45) is 7.05 Å². The minimum Gasteiger partial charge on any atom is -0.481 e. The molecule has 0 bridgehead atoms. The first-order chi connectivity index (χ1) is 6.09. The van der Waals surface area contributed by atoms with Crippen LogP contribution >= 0.6 is 11.8 Å². The van der Waals surface area contributed by atoms with Crippen LogP contribution in [0.2, 0.25) is 0 Å². The number of hydrogen-bond acceptors (Lipinski definition) is 3. The molecule has 1 N–H and O–H groups in total. The highest BCUT2D eigenvalue weighted by molar-refractivity contribution is 7.99. The number of carboxylic acid groups (broad SMARTS) is 1. The molecule has 0 aliphatic rings. The minimum absolute atomic E-state index is 0.189. The molecular formula is C8H12N2O2S. The SMILES string of the molecule is Cc1cc(SCCC(=O)O)n(C)n1. The third-order valence-electron chi connectivity index (χ3n) is 1.52. The van der Waals surface area contributed by atoms with E-state index in [4.69, 9.17) is 5.11 Å². The fraction of sp³-hybridized carbons (Fsp3) is 0.500. The number of aryl methyl sites for hydroxylation is 2. The van der Waals surface area contributed by atoms with Gasteiger partial charge in [-0.3, -0.25) is 9.48 Å². The van der Waals surface area contributed by atoms with Crippen molar-refractivity contribution in [3.05, 3.63) is 11.8 Å². The molecule has 0 aromatic carbocycles. The van der Waals surface area contributed by atoms with Crippen LogP contribution in [-0.2, 0) is 11.8 Å². The lowest BCUT2D eigenvalue weighted by molar-refractivity contribution is -0.136. The van der Waals surface area contributed by atoms with Crippen molar-refractivity contribution in [3.63, 3.8) is 0 Å². The Bertz CT molecular complexity index is 309. The molecule has 0 radical (unpaired) electrons. The zero-order valence-corrected chi connectivity index (χ0v) is 8.47. The number of aromatic nitrogens is 2. The lowest BCUT2D eigenvalue weighted by Crippen LogP contribution is -1.97. The van der Waals surface area contributed by atoms with Gasteiger partial charge in [0, 0.05) is 12.8 Å². The Balaban J connectivity index is 2.45. The molecule has 0 aliphatic heterocycles. The molecule has 0 fully saturated rings. The highest BCUT2D eigenvalue weighted by atomic mass is 32.2. The molecule has 5 heteroatoms. The highest BCUT2D eigenvalue weighted by Crippen LogP contribution is 2.18. The standard InChI is InChI=1S/C8H12N2O2S/c1-6-5-7(10(2)9-6)13-4-3-8(11)12/h5H,3-4H2,1-2H3,(H,11,12). The maximum absolute atomic E-state index is 10.2. The van der Waals surface area contributed by atoms with Gasteiger partial charge in [-0.15, -0.1) is 11.8 Å². The van der Waals surface area contributed by atoms with Crippen molar-refractivity contribution in [1.82, 2.24) is 9.78 Å². The van der Waals surface area contributed by atoms with E-state index >= 15 is 0 Å². The summed E-state index contributed by atoms with van der Waals surface area (Å²) in [6.07, 6.45) is 0.189. The van der Waals surface area contributed by atoms with E-state index in [0.717, 1.165) is 10.7 Å². The van der Waals surface area contributed by atoms with Crippen LogP contribution in [0.5, 0.6) is 0 Å². The zero-order chi connectivity index (χ0) is 9.84. The number of carbonyl (C=O) groups is 1. The Morgan fingerprint density at radius 3 is 2.92 bits per heavy atom. The summed E-state index contributed by atoms with van der Waals surface area (Å²) in [5.41, 5.74) is 0.959. The molecule has 1 aromatic heterocycles. The number of rotatable bonds is 4. The zero-order valence-electron chi connectivity index (χ0n) is 7.65. The van der Waals surface area contributed by atoms with Crippen molar-refractivity contribution in [3.8, 4) is 0 Å². The Morgan fingerprint density at radius 2 is 2.46 bits per heavy atom. The number of nitrogens with zero attached hydrogens (tertiary/aromatic N) is 2. The normalized spacial score (nSPS) is 10.3. The summed E-state index contributed by atoms with van der Waals surface area (Å²) >= 11 is 1.52. The van der Waals surface area contributed by atoms with Crippen LogP contribution in [-0.4, -0.2) is 26.6 Å². The van der Waals surface area contributed by atoms with Gasteiger partial charge in [0.05, 0.1) is 17.1 Å². The van der Waals surface area contributed by atoms with Crippen LogP contribution in [0.4, 0.5) is 0 Å². The molecule has 0 amide bonds. The lowest BCUT2D eigenvalue weighted by atomic mass is 10.5. The van der Waals surface area contributed by atoms with Crippen molar-refractivity contribution >= 4 is 17.7 Å². The van der Waals surface area contributed by atoms with Gasteiger partial charge in [0.1, 0.15) is 0 Å². The Kier molecular flexibility index (Phi) is 3.36. The van der Waals surface area contributed by atoms with E-state index in [1.807, 2.05) is 20.0 Å². The Hall–Kier alpha value is -0.970. The molecule has 0 atom stereocenters. The van der Waals surface area contributed by atoms with Crippen molar-refractivity contribution in [1.29, 1.82) is 0 Å². The van der Waals surface area contributed by atoms with Crippen LogP contribution in [0.15, 0.2) is 11.1 Å². The summed E-state index contributed by atoms with van der Waals surface area (Å²) in [4.78, 5) is 10.2. The third kappa shape index (κ3) is 3.10. The van der Waals surface area contributed by atoms with Crippen LogP contribution in [0.1, 0.15) is 12.1 Å². The third-order valence-corrected chi connectivity index (χ3v) is 2.61. The first kappa shape index (κ1) is 10.1. The fourth-order valence-electron chi connectivity index (χ4n) is 0.965. The van der Waals surface area contributed by atoms with E-state index < -0.39 is 5.97 Å². The largest absolute Gasteiger partial charge is 0.481 e. The van der Waals surface area contributed by atoms with E-state index in [1.54, 1.807) is 4.68 Å². The molecule has 1 heterocycles. The maximum atomic E-state index is 10.2. The van der Waals surface area contributed by atoms with Crippen molar-refractivity contribution in [2.75, 3.05) is 5.75 Å². The van der Waals surface area contributed by atoms with E-state index in [2.05, 4.69) is 5.10 Å². The monoisotopic (exact) mass is 200 g/mol. The predicted molar refractivity (Wildman–Crippen MR) is 50.9 cm³/mol. The van der Waals surface area contributed by atoms with Crippen molar-refractivity contribution in [2.45, 2.75) is 18.4 Å². The average Bonchev–Trinajstić information content (AvgIpc) is 2.29. The Morgan fingerprint density at radius 1 is 1.77 bits per heavy atom. The molecular weight excluding hydrogens is 188 g/mol. The predicted octanol–water partition coefficient (Wildman–Crippen LogP) is 1.30. The van der Waals surface area contributed by atoms with Gasteiger partial charge in [0.15, 0.2) is 0 Å². The molecule has 4 nitrogen and oxygen atoms in total. The minimum atomic E-state index is -0.758. The van der Waals surface area contributed by atoms with Crippen LogP contribution in [0.25, 0.3) is 0 Å². The second-order valence-corrected chi connectivity index (χ2v) is 3.85. The summed E-state index contributed by atoms with van der Waals surface area (Å²) in [5, 5.41) is 13.6. The summed E-state index contributed by atoms with van der Waals surface area (Å²) in [5.74, 6) is -0.166. The van der Waals surface area contributed by atoms with Crippen molar-refractivity contribution < 1.29 is 9.90 Å². The van der Waals surface area contributed by atoms with Gasteiger partial charge in [-0.1, -0.05) is 0 Å². The van der Waals surface area contributed by atoms with E-state index in [9.17, 15) is 4.79 Å². The summed E-state index contributed by atoms with van der Waals surface area (Å²) in [6.45, 7) is 1.92. The summed E-state index contributed by atoms with van der Waals surface area (Å²) in [6, 6.07) is 1.95. The molecule has 0 unspecified atom stereocenters. The van der Waals surface area contributed by atoms with Gasteiger partial charge < -0.3 is 5.11 Å². The molecule has 13 heavy (non-hydrogen) atoms. The summed E-state index contributed by atoms with van der Waals surface area (Å²) < 4.78 is 1.77. The second kappa shape index (κ2) is 4.32. The smallest absolute Gasteiger partial charge is 0.304 e.